The number of thiazole rings is 1. The summed E-state index contributed by atoms with van der Waals surface area (Å²) in [5.74, 6) is 0.951. The molecule has 1 fully saturated rings. The van der Waals surface area contributed by atoms with E-state index < -0.39 is 0 Å². The number of nitrogens with one attached hydrogen (secondary N) is 1. The van der Waals surface area contributed by atoms with Gasteiger partial charge in [0.1, 0.15) is 5.69 Å². The molecule has 1 aliphatic rings. The molecule has 1 N–H and O–H groups in total. The summed E-state index contributed by atoms with van der Waals surface area (Å²) < 4.78 is 0. The smallest absolute Gasteiger partial charge is 0.229 e. The fourth-order valence-corrected chi connectivity index (χ4v) is 4.10. The highest BCUT2D eigenvalue weighted by molar-refractivity contribution is 7.14. The van der Waals surface area contributed by atoms with Gasteiger partial charge in [-0.1, -0.05) is 26.8 Å². The second-order valence-electron chi connectivity index (χ2n) is 7.66. The summed E-state index contributed by atoms with van der Waals surface area (Å²) in [6.45, 7) is 6.90. The zero-order valence-corrected chi connectivity index (χ0v) is 15.4. The second kappa shape index (κ2) is 7.01. The van der Waals surface area contributed by atoms with Crippen LogP contribution in [0.1, 0.15) is 46.5 Å². The molecule has 0 spiro atoms. The summed E-state index contributed by atoms with van der Waals surface area (Å²) in [4.78, 5) is 21.3. The number of pyridine rings is 1. The van der Waals surface area contributed by atoms with Gasteiger partial charge >= 0.3 is 0 Å². The van der Waals surface area contributed by atoms with Crippen molar-refractivity contribution in [3.05, 3.63) is 29.8 Å². The van der Waals surface area contributed by atoms with Crippen molar-refractivity contribution in [2.45, 2.75) is 46.5 Å². The molecule has 24 heavy (non-hydrogen) atoms. The maximum absolute atomic E-state index is 12.5. The van der Waals surface area contributed by atoms with Gasteiger partial charge in [-0.05, 0) is 49.1 Å². The van der Waals surface area contributed by atoms with Gasteiger partial charge in [-0.2, -0.15) is 0 Å². The predicted octanol–water partition coefficient (Wildman–Crippen LogP) is 5.00. The topological polar surface area (TPSA) is 54.9 Å². The van der Waals surface area contributed by atoms with E-state index in [1.165, 1.54) is 11.3 Å². The van der Waals surface area contributed by atoms with Crippen molar-refractivity contribution in [3.8, 4) is 11.4 Å². The van der Waals surface area contributed by atoms with Gasteiger partial charge in [-0.25, -0.2) is 4.98 Å². The summed E-state index contributed by atoms with van der Waals surface area (Å²) in [7, 11) is 0. The van der Waals surface area contributed by atoms with Crippen molar-refractivity contribution in [1.82, 2.24) is 9.97 Å². The average molecular weight is 343 g/mol. The summed E-state index contributed by atoms with van der Waals surface area (Å²) in [6, 6.07) is 5.74. The van der Waals surface area contributed by atoms with Crippen LogP contribution in [0.5, 0.6) is 0 Å². The van der Waals surface area contributed by atoms with E-state index >= 15 is 0 Å². The third-order valence-electron chi connectivity index (χ3n) is 4.98. The molecule has 0 radical (unpaired) electrons. The molecule has 1 amide bonds. The van der Waals surface area contributed by atoms with E-state index in [0.717, 1.165) is 43.0 Å². The molecule has 0 aromatic carbocycles. The zero-order valence-electron chi connectivity index (χ0n) is 14.6. The van der Waals surface area contributed by atoms with Crippen molar-refractivity contribution in [1.29, 1.82) is 0 Å². The van der Waals surface area contributed by atoms with Crippen LogP contribution in [0.25, 0.3) is 11.4 Å². The summed E-state index contributed by atoms with van der Waals surface area (Å²) in [5.41, 5.74) is 1.99. The van der Waals surface area contributed by atoms with Gasteiger partial charge in [0.25, 0.3) is 0 Å². The normalized spacial score (nSPS) is 21.5. The monoisotopic (exact) mass is 343 g/mol. The molecule has 1 saturated carbocycles. The van der Waals surface area contributed by atoms with Crippen LogP contribution in [0.15, 0.2) is 29.8 Å². The van der Waals surface area contributed by atoms with E-state index in [9.17, 15) is 4.79 Å². The lowest BCUT2D eigenvalue weighted by Gasteiger charge is -2.36. The standard InChI is InChI=1S/C19H25N3OS/c1-19(2,3)14-9-7-13(8-10-14)17(23)22-18-21-16(12-24-18)15-6-4-5-11-20-15/h4-6,11-14H,7-10H2,1-3H3,(H,21,22,23). The molecule has 2 heterocycles. The quantitative estimate of drug-likeness (QED) is 0.853. The van der Waals surface area contributed by atoms with Crippen molar-refractivity contribution < 1.29 is 4.79 Å². The van der Waals surface area contributed by atoms with Crippen molar-refractivity contribution in [2.24, 2.45) is 17.3 Å². The Morgan fingerprint density at radius 2 is 1.92 bits per heavy atom. The summed E-state index contributed by atoms with van der Waals surface area (Å²) in [6.07, 6.45) is 5.98. The van der Waals surface area contributed by atoms with Gasteiger partial charge in [-0.15, -0.1) is 11.3 Å². The van der Waals surface area contributed by atoms with Crippen LogP contribution in [-0.4, -0.2) is 15.9 Å². The van der Waals surface area contributed by atoms with E-state index in [2.05, 4.69) is 36.1 Å². The Bertz CT molecular complexity index is 682. The van der Waals surface area contributed by atoms with E-state index in [4.69, 9.17) is 0 Å². The Labute approximate surface area is 147 Å². The number of hydrogen-bond acceptors (Lipinski definition) is 4. The van der Waals surface area contributed by atoms with Gasteiger partial charge < -0.3 is 5.32 Å². The van der Waals surface area contributed by atoms with Crippen LogP contribution in [0.2, 0.25) is 0 Å². The molecule has 3 rings (SSSR count). The summed E-state index contributed by atoms with van der Waals surface area (Å²) in [5, 5.41) is 5.60. The molecular weight excluding hydrogens is 318 g/mol. The lowest BCUT2D eigenvalue weighted by molar-refractivity contribution is -0.121. The number of carbonyl (C=O) groups excluding carboxylic acids is 1. The zero-order chi connectivity index (χ0) is 17.2. The molecule has 1 aliphatic carbocycles. The SMILES string of the molecule is CC(C)(C)C1CCC(C(=O)Nc2nc(-c3ccccn3)cs2)CC1. The van der Waals surface area contributed by atoms with E-state index in [-0.39, 0.29) is 11.8 Å². The Morgan fingerprint density at radius 3 is 2.54 bits per heavy atom. The van der Waals surface area contributed by atoms with Crippen molar-refractivity contribution in [2.75, 3.05) is 5.32 Å². The molecule has 2 aromatic rings. The Hall–Kier alpha value is -1.75. The summed E-state index contributed by atoms with van der Waals surface area (Å²) >= 11 is 1.46. The van der Waals surface area contributed by atoms with Crippen molar-refractivity contribution >= 4 is 22.4 Å². The number of rotatable bonds is 3. The first-order valence-electron chi connectivity index (χ1n) is 8.61. The number of aromatic nitrogens is 2. The Morgan fingerprint density at radius 1 is 1.17 bits per heavy atom. The van der Waals surface area contributed by atoms with Crippen LogP contribution in [-0.2, 0) is 4.79 Å². The highest BCUT2D eigenvalue weighted by atomic mass is 32.1. The van der Waals surface area contributed by atoms with Gasteiger partial charge in [0.2, 0.25) is 5.91 Å². The molecular formula is C19H25N3OS. The minimum atomic E-state index is 0.115. The number of amides is 1. The molecule has 128 valence electrons. The van der Waals surface area contributed by atoms with E-state index in [1.54, 1.807) is 6.20 Å². The molecule has 4 nitrogen and oxygen atoms in total. The molecule has 0 bridgehead atoms. The van der Waals surface area contributed by atoms with Crippen LogP contribution in [0, 0.1) is 17.3 Å². The Balaban J connectivity index is 1.57. The minimum absolute atomic E-state index is 0.115. The third-order valence-corrected chi connectivity index (χ3v) is 5.74. The molecule has 2 aromatic heterocycles. The fraction of sp³-hybridized carbons (Fsp3) is 0.526. The largest absolute Gasteiger partial charge is 0.302 e. The molecule has 0 unspecified atom stereocenters. The highest BCUT2D eigenvalue weighted by Crippen LogP contribution is 2.40. The third kappa shape index (κ3) is 4.01. The minimum Gasteiger partial charge on any atom is -0.302 e. The van der Waals surface area contributed by atoms with Crippen LogP contribution in [0.4, 0.5) is 5.13 Å². The maximum atomic E-state index is 12.5. The van der Waals surface area contributed by atoms with Gasteiger partial charge in [0, 0.05) is 17.5 Å². The van der Waals surface area contributed by atoms with Gasteiger partial charge in [-0.3, -0.25) is 9.78 Å². The average Bonchev–Trinajstić information content (AvgIpc) is 3.03. The van der Waals surface area contributed by atoms with E-state index in [0.29, 0.717) is 10.5 Å². The number of nitrogens with zero attached hydrogens (tertiary/aromatic N) is 2. The maximum Gasteiger partial charge on any atom is 0.229 e. The first-order chi connectivity index (χ1) is 11.4. The number of anilines is 1. The highest BCUT2D eigenvalue weighted by Gasteiger charge is 2.32. The van der Waals surface area contributed by atoms with Crippen LogP contribution >= 0.6 is 11.3 Å². The number of hydrogen-bond donors (Lipinski definition) is 1. The van der Waals surface area contributed by atoms with E-state index in [1.807, 2.05) is 23.6 Å². The van der Waals surface area contributed by atoms with Gasteiger partial charge in [0.05, 0.1) is 5.69 Å². The Kier molecular flexibility index (Phi) is 4.99. The molecule has 0 aliphatic heterocycles. The number of carbonyl (C=O) groups is 1. The first kappa shape index (κ1) is 17.1. The molecule has 0 atom stereocenters. The lowest BCUT2D eigenvalue weighted by atomic mass is 9.70. The molecule has 5 heteroatoms. The van der Waals surface area contributed by atoms with Crippen LogP contribution < -0.4 is 5.32 Å². The first-order valence-corrected chi connectivity index (χ1v) is 9.49. The lowest BCUT2D eigenvalue weighted by Crippen LogP contribution is -2.31. The molecule has 0 saturated heterocycles. The van der Waals surface area contributed by atoms with Crippen molar-refractivity contribution in [3.63, 3.8) is 0 Å². The predicted molar refractivity (Wildman–Crippen MR) is 98.9 cm³/mol. The van der Waals surface area contributed by atoms with Crippen LogP contribution in [0.3, 0.4) is 0 Å². The van der Waals surface area contributed by atoms with Gasteiger partial charge in [0.15, 0.2) is 5.13 Å². The fourth-order valence-electron chi connectivity index (χ4n) is 3.39. The second-order valence-corrected chi connectivity index (χ2v) is 8.51.